The molecule has 0 radical (unpaired) electrons. The normalized spacial score (nSPS) is 19.5. The van der Waals surface area contributed by atoms with E-state index < -0.39 is 17.7 Å². The number of carbonyl (C=O) groups excluding carboxylic acids is 3. The fourth-order valence-corrected chi connectivity index (χ4v) is 7.09. The molecule has 0 aliphatic carbocycles. The number of aromatic nitrogens is 4. The minimum Gasteiger partial charge on any atom is -0.343 e. The molecule has 0 bridgehead atoms. The van der Waals surface area contributed by atoms with Crippen molar-refractivity contribution in [3.63, 3.8) is 0 Å². The summed E-state index contributed by atoms with van der Waals surface area (Å²) in [6, 6.07) is 7.94. The molecule has 4 heterocycles. The molecule has 13 heteroatoms. The molecule has 0 saturated carbocycles. The van der Waals surface area contributed by atoms with E-state index in [0.717, 1.165) is 38.5 Å². The highest BCUT2D eigenvalue weighted by molar-refractivity contribution is 5.89. The second-order valence-electron chi connectivity index (χ2n) is 12.8. The SMILES string of the molecule is CCC(C)C(NC(=O)CNC)C(=O)N1CCCC1Cn1c(-c2nc3cc(F)ccc3n2CC2CCCN2C=O)nc2cc(F)ccc21. The number of hydrogen-bond donors (Lipinski definition) is 2. The lowest BCUT2D eigenvalue weighted by atomic mass is 9.97. The van der Waals surface area contributed by atoms with Crippen molar-refractivity contribution >= 4 is 40.3 Å². The second kappa shape index (κ2) is 13.8. The fourth-order valence-electron chi connectivity index (χ4n) is 7.09. The summed E-state index contributed by atoms with van der Waals surface area (Å²) in [6.45, 7) is 6.09. The number of fused-ring (bicyclic) bond motifs is 2. The summed E-state index contributed by atoms with van der Waals surface area (Å²) in [4.78, 5) is 51.8. The molecular formula is C34H42F2N8O3. The summed E-state index contributed by atoms with van der Waals surface area (Å²) in [6.07, 6.45) is 4.83. The summed E-state index contributed by atoms with van der Waals surface area (Å²) in [5.41, 5.74) is 2.27. The van der Waals surface area contributed by atoms with Crippen molar-refractivity contribution in [1.29, 1.82) is 0 Å². The van der Waals surface area contributed by atoms with Gasteiger partial charge in [-0.15, -0.1) is 0 Å². The molecule has 0 spiro atoms. The third kappa shape index (κ3) is 6.45. The Hall–Kier alpha value is -4.39. The van der Waals surface area contributed by atoms with E-state index in [1.54, 1.807) is 24.1 Å². The third-order valence-electron chi connectivity index (χ3n) is 9.76. The van der Waals surface area contributed by atoms with Crippen LogP contribution >= 0.6 is 0 Å². The maximum atomic E-state index is 14.5. The van der Waals surface area contributed by atoms with Gasteiger partial charge in [0.15, 0.2) is 11.6 Å². The summed E-state index contributed by atoms with van der Waals surface area (Å²) < 4.78 is 32.9. The van der Waals surface area contributed by atoms with Crippen LogP contribution in [0.3, 0.4) is 0 Å². The van der Waals surface area contributed by atoms with Gasteiger partial charge in [-0.05, 0) is 62.9 Å². The molecule has 250 valence electrons. The number of hydrogen-bond acceptors (Lipinski definition) is 6. The molecule has 2 N–H and O–H groups in total. The molecule has 2 aliphatic rings. The van der Waals surface area contributed by atoms with Gasteiger partial charge in [-0.3, -0.25) is 14.4 Å². The quantitative estimate of drug-likeness (QED) is 0.227. The maximum Gasteiger partial charge on any atom is 0.245 e. The van der Waals surface area contributed by atoms with Gasteiger partial charge in [-0.25, -0.2) is 18.7 Å². The first-order chi connectivity index (χ1) is 22.7. The number of likely N-dealkylation sites (tertiary alicyclic amines) is 2. The number of nitrogens with zero attached hydrogens (tertiary/aromatic N) is 6. The molecular weight excluding hydrogens is 606 g/mol. The zero-order valence-electron chi connectivity index (χ0n) is 27.1. The predicted octanol–water partition coefficient (Wildman–Crippen LogP) is 3.69. The van der Waals surface area contributed by atoms with Gasteiger partial charge in [-0.1, -0.05) is 20.3 Å². The van der Waals surface area contributed by atoms with Crippen LogP contribution in [-0.4, -0.2) is 91.9 Å². The monoisotopic (exact) mass is 648 g/mol. The van der Waals surface area contributed by atoms with Gasteiger partial charge in [0.25, 0.3) is 0 Å². The van der Waals surface area contributed by atoms with Crippen molar-refractivity contribution in [2.75, 3.05) is 26.7 Å². The number of rotatable bonds is 12. The van der Waals surface area contributed by atoms with Gasteiger partial charge in [0.1, 0.15) is 17.7 Å². The Bertz CT molecular complexity index is 1790. The number of nitrogens with one attached hydrogen (secondary N) is 2. The Labute approximate surface area is 272 Å². The lowest BCUT2D eigenvalue weighted by Gasteiger charge is -2.32. The van der Waals surface area contributed by atoms with E-state index in [0.29, 0.717) is 59.9 Å². The van der Waals surface area contributed by atoms with Crippen molar-refractivity contribution in [2.45, 2.75) is 77.2 Å². The van der Waals surface area contributed by atoms with E-state index in [9.17, 15) is 23.2 Å². The van der Waals surface area contributed by atoms with Crippen molar-refractivity contribution in [3.8, 4) is 11.6 Å². The zero-order valence-corrected chi connectivity index (χ0v) is 27.1. The van der Waals surface area contributed by atoms with Crippen LogP contribution < -0.4 is 10.6 Å². The predicted molar refractivity (Wildman–Crippen MR) is 174 cm³/mol. The summed E-state index contributed by atoms with van der Waals surface area (Å²) >= 11 is 0. The first-order valence-corrected chi connectivity index (χ1v) is 16.5. The van der Waals surface area contributed by atoms with Gasteiger partial charge in [0.2, 0.25) is 18.2 Å². The van der Waals surface area contributed by atoms with Crippen molar-refractivity contribution < 1.29 is 23.2 Å². The molecule has 2 saturated heterocycles. The number of carbonyl (C=O) groups is 3. The Morgan fingerprint density at radius 1 is 0.936 bits per heavy atom. The van der Waals surface area contributed by atoms with Crippen LogP contribution in [0, 0.1) is 17.6 Å². The highest BCUT2D eigenvalue weighted by Crippen LogP contribution is 2.32. The van der Waals surface area contributed by atoms with Crippen LogP contribution in [0.2, 0.25) is 0 Å². The molecule has 2 aromatic heterocycles. The number of likely N-dealkylation sites (N-methyl/N-ethyl adjacent to an activating group) is 1. The van der Waals surface area contributed by atoms with Crippen LogP contribution in [-0.2, 0) is 27.5 Å². The Balaban J connectivity index is 1.41. The van der Waals surface area contributed by atoms with Gasteiger partial charge in [-0.2, -0.15) is 0 Å². The van der Waals surface area contributed by atoms with Gasteiger partial charge in [0.05, 0.1) is 28.6 Å². The van der Waals surface area contributed by atoms with Gasteiger partial charge >= 0.3 is 0 Å². The van der Waals surface area contributed by atoms with Crippen LogP contribution in [0.15, 0.2) is 36.4 Å². The minimum absolute atomic E-state index is 0.0671. The Morgan fingerprint density at radius 2 is 1.51 bits per heavy atom. The number of imidazole rings is 2. The summed E-state index contributed by atoms with van der Waals surface area (Å²) in [5.74, 6) is -0.330. The van der Waals surface area contributed by atoms with E-state index in [-0.39, 0.29) is 36.4 Å². The van der Waals surface area contributed by atoms with Crippen LogP contribution in [0.1, 0.15) is 46.0 Å². The van der Waals surface area contributed by atoms with Crippen LogP contribution in [0.5, 0.6) is 0 Å². The largest absolute Gasteiger partial charge is 0.343 e. The molecule has 2 fully saturated rings. The fraction of sp³-hybridized carbons (Fsp3) is 0.500. The maximum absolute atomic E-state index is 14.5. The Kier molecular flexibility index (Phi) is 9.53. The number of benzene rings is 2. The van der Waals surface area contributed by atoms with Crippen LogP contribution in [0.25, 0.3) is 33.7 Å². The van der Waals surface area contributed by atoms with Crippen molar-refractivity contribution in [2.24, 2.45) is 5.92 Å². The number of halogens is 2. The van der Waals surface area contributed by atoms with E-state index in [1.165, 1.54) is 24.3 Å². The molecule has 4 atom stereocenters. The molecule has 4 aromatic rings. The van der Waals surface area contributed by atoms with E-state index >= 15 is 0 Å². The molecule has 11 nitrogen and oxygen atoms in total. The minimum atomic E-state index is -0.666. The average molecular weight is 649 g/mol. The van der Waals surface area contributed by atoms with Gasteiger partial charge in [0, 0.05) is 50.4 Å². The van der Waals surface area contributed by atoms with E-state index in [1.807, 2.05) is 27.9 Å². The molecule has 2 aromatic carbocycles. The van der Waals surface area contributed by atoms with E-state index in [4.69, 9.17) is 9.97 Å². The first kappa shape index (κ1) is 32.5. The Morgan fingerprint density at radius 3 is 2.09 bits per heavy atom. The number of amides is 3. The highest BCUT2D eigenvalue weighted by atomic mass is 19.1. The van der Waals surface area contributed by atoms with Gasteiger partial charge < -0.3 is 29.6 Å². The smallest absolute Gasteiger partial charge is 0.245 e. The van der Waals surface area contributed by atoms with Crippen molar-refractivity contribution in [1.82, 2.24) is 39.5 Å². The first-order valence-electron chi connectivity index (χ1n) is 16.5. The topological polar surface area (TPSA) is 117 Å². The van der Waals surface area contributed by atoms with Crippen LogP contribution in [0.4, 0.5) is 8.78 Å². The lowest BCUT2D eigenvalue weighted by Crippen LogP contribution is -2.54. The second-order valence-corrected chi connectivity index (χ2v) is 12.8. The molecule has 47 heavy (non-hydrogen) atoms. The standard InChI is InChI=1S/C34H42F2N8O3/c1-4-21(2)31(40-30(46)17-37-3)34(47)42-14-6-8-25(42)19-44-29-12-10-23(36)16-27(29)39-33(44)32-38-26-15-22(35)9-11-28(26)43(32)18-24-7-5-13-41(24)20-45/h9-12,15-16,20-21,24-25,31,37H,4-8,13-14,17-19H2,1-3H3,(H,40,46). The average Bonchev–Trinajstić information content (AvgIpc) is 3.85. The van der Waals surface area contributed by atoms with Crippen molar-refractivity contribution in [3.05, 3.63) is 48.0 Å². The summed E-state index contributed by atoms with van der Waals surface area (Å²) in [5, 5.41) is 5.78. The molecule has 2 aliphatic heterocycles. The highest BCUT2D eigenvalue weighted by Gasteiger charge is 2.37. The third-order valence-corrected chi connectivity index (χ3v) is 9.76. The van der Waals surface area contributed by atoms with E-state index in [2.05, 4.69) is 10.6 Å². The summed E-state index contributed by atoms with van der Waals surface area (Å²) in [7, 11) is 1.69. The lowest BCUT2D eigenvalue weighted by molar-refractivity contribution is -0.138. The molecule has 6 rings (SSSR count). The molecule has 3 amide bonds. The molecule has 4 unspecified atom stereocenters. The zero-order chi connectivity index (χ0) is 33.2.